The molecule has 19 heavy (non-hydrogen) atoms. The lowest BCUT2D eigenvalue weighted by Crippen LogP contribution is -2.44. The molecule has 0 amide bonds. The molecule has 1 aromatic carbocycles. The van der Waals surface area contributed by atoms with Gasteiger partial charge in [0.15, 0.2) is 0 Å². The molecule has 1 aliphatic heterocycles. The lowest BCUT2D eigenvalue weighted by atomic mass is 10.1. The Balaban J connectivity index is 2.12. The first-order valence-electron chi connectivity index (χ1n) is 6.70. The molecule has 1 saturated heterocycles. The number of nitrogens with two attached hydrogens (primary N) is 1. The molecule has 2 N–H and O–H groups in total. The van der Waals surface area contributed by atoms with Gasteiger partial charge in [0.05, 0.1) is 11.2 Å². The zero-order valence-electron chi connectivity index (χ0n) is 11.3. The summed E-state index contributed by atoms with van der Waals surface area (Å²) >= 11 is 2.05. The standard InChI is InChI=1S/C15H19N3S/c1-10-11(2)19-9-8-18(10)14-6-7-17-15-12(14)4-3-5-13(15)16/h3-7,10-11H,8-9,16H2,1-2H3. The van der Waals surface area contributed by atoms with Crippen molar-refractivity contribution in [2.24, 2.45) is 0 Å². The molecule has 3 nitrogen and oxygen atoms in total. The minimum absolute atomic E-state index is 0.533. The van der Waals surface area contributed by atoms with E-state index in [0.717, 1.165) is 23.1 Å². The highest BCUT2D eigenvalue weighted by atomic mass is 32.2. The van der Waals surface area contributed by atoms with Crippen LogP contribution in [0.25, 0.3) is 10.9 Å². The van der Waals surface area contributed by atoms with Crippen molar-refractivity contribution in [2.75, 3.05) is 22.9 Å². The van der Waals surface area contributed by atoms with Crippen LogP contribution in [0.15, 0.2) is 30.5 Å². The van der Waals surface area contributed by atoms with E-state index in [4.69, 9.17) is 5.73 Å². The number of thioether (sulfide) groups is 1. The molecule has 2 atom stereocenters. The third-order valence-electron chi connectivity index (χ3n) is 3.97. The number of para-hydroxylation sites is 1. The molecule has 0 aliphatic carbocycles. The maximum Gasteiger partial charge on any atom is 0.0951 e. The molecule has 0 spiro atoms. The number of aromatic nitrogens is 1. The summed E-state index contributed by atoms with van der Waals surface area (Å²) in [6.07, 6.45) is 1.87. The minimum Gasteiger partial charge on any atom is -0.397 e. The Bertz CT molecular complexity index is 599. The minimum atomic E-state index is 0.533. The van der Waals surface area contributed by atoms with Crippen LogP contribution in [0.4, 0.5) is 11.4 Å². The number of pyridine rings is 1. The quantitative estimate of drug-likeness (QED) is 0.811. The number of nitrogens with zero attached hydrogens (tertiary/aromatic N) is 2. The lowest BCUT2D eigenvalue weighted by molar-refractivity contribution is 0.629. The van der Waals surface area contributed by atoms with Crippen molar-refractivity contribution >= 4 is 34.0 Å². The van der Waals surface area contributed by atoms with Crippen LogP contribution in [-0.4, -0.2) is 28.6 Å². The summed E-state index contributed by atoms with van der Waals surface area (Å²) in [6, 6.07) is 8.69. The number of fused-ring (bicyclic) bond motifs is 1. The van der Waals surface area contributed by atoms with Gasteiger partial charge in [-0.2, -0.15) is 11.8 Å². The van der Waals surface area contributed by atoms with Gasteiger partial charge in [0.25, 0.3) is 0 Å². The molecule has 0 radical (unpaired) electrons. The average molecular weight is 273 g/mol. The first kappa shape index (κ1) is 12.6. The molecule has 3 rings (SSSR count). The van der Waals surface area contributed by atoms with E-state index in [1.165, 1.54) is 11.4 Å². The van der Waals surface area contributed by atoms with Gasteiger partial charge in [-0.25, -0.2) is 0 Å². The number of hydrogen-bond donors (Lipinski definition) is 1. The van der Waals surface area contributed by atoms with Crippen molar-refractivity contribution in [1.29, 1.82) is 0 Å². The fourth-order valence-electron chi connectivity index (χ4n) is 2.71. The molecule has 2 heterocycles. The molecule has 100 valence electrons. The van der Waals surface area contributed by atoms with Crippen LogP contribution in [0.5, 0.6) is 0 Å². The highest BCUT2D eigenvalue weighted by Crippen LogP contribution is 2.34. The zero-order chi connectivity index (χ0) is 13.4. The highest BCUT2D eigenvalue weighted by molar-refractivity contribution is 8.00. The summed E-state index contributed by atoms with van der Waals surface area (Å²) in [5, 5.41) is 1.81. The van der Waals surface area contributed by atoms with Crippen molar-refractivity contribution in [2.45, 2.75) is 25.1 Å². The van der Waals surface area contributed by atoms with Gasteiger partial charge in [-0.05, 0) is 19.1 Å². The smallest absolute Gasteiger partial charge is 0.0951 e. The summed E-state index contributed by atoms with van der Waals surface area (Å²) in [5.41, 5.74) is 8.96. The topological polar surface area (TPSA) is 42.2 Å². The Kier molecular flexibility index (Phi) is 3.27. The fourth-order valence-corrected chi connectivity index (χ4v) is 3.81. The van der Waals surface area contributed by atoms with Gasteiger partial charge in [-0.1, -0.05) is 19.1 Å². The third kappa shape index (κ3) is 2.14. The van der Waals surface area contributed by atoms with Crippen molar-refractivity contribution < 1.29 is 0 Å². The van der Waals surface area contributed by atoms with Crippen LogP contribution in [0.1, 0.15) is 13.8 Å². The third-order valence-corrected chi connectivity index (χ3v) is 5.31. The van der Waals surface area contributed by atoms with Crippen LogP contribution in [0, 0.1) is 0 Å². The molecule has 2 unspecified atom stereocenters. The second-order valence-electron chi connectivity index (χ2n) is 5.08. The first-order valence-corrected chi connectivity index (χ1v) is 7.75. The molecule has 0 saturated carbocycles. The maximum absolute atomic E-state index is 6.03. The molecule has 4 heteroatoms. The van der Waals surface area contributed by atoms with Crippen LogP contribution < -0.4 is 10.6 Å². The maximum atomic E-state index is 6.03. The molecule has 0 bridgehead atoms. The molecular weight excluding hydrogens is 254 g/mol. The van der Waals surface area contributed by atoms with Gasteiger partial charge in [-0.15, -0.1) is 0 Å². The highest BCUT2D eigenvalue weighted by Gasteiger charge is 2.26. The van der Waals surface area contributed by atoms with E-state index in [1.807, 2.05) is 18.3 Å². The zero-order valence-corrected chi connectivity index (χ0v) is 12.2. The Morgan fingerprint density at radius 3 is 3.00 bits per heavy atom. The molecule has 1 aromatic heterocycles. The van der Waals surface area contributed by atoms with Gasteiger partial charge in [0.1, 0.15) is 0 Å². The number of benzene rings is 1. The normalized spacial score (nSPS) is 23.8. The molecule has 1 aliphatic rings. The Hall–Kier alpha value is -1.42. The molecule has 1 fully saturated rings. The van der Waals surface area contributed by atoms with Crippen molar-refractivity contribution in [3.8, 4) is 0 Å². The predicted molar refractivity (Wildman–Crippen MR) is 84.9 cm³/mol. The Labute approximate surface area is 118 Å². The van der Waals surface area contributed by atoms with Crippen LogP contribution in [0.2, 0.25) is 0 Å². The summed E-state index contributed by atoms with van der Waals surface area (Å²) in [5.74, 6) is 1.18. The number of nitrogen functional groups attached to an aromatic ring is 1. The van der Waals surface area contributed by atoms with Gasteiger partial charge in [0.2, 0.25) is 0 Å². The Morgan fingerprint density at radius 2 is 2.16 bits per heavy atom. The van der Waals surface area contributed by atoms with Crippen molar-refractivity contribution in [3.05, 3.63) is 30.5 Å². The monoisotopic (exact) mass is 273 g/mol. The predicted octanol–water partition coefficient (Wildman–Crippen LogP) is 3.15. The Morgan fingerprint density at radius 1 is 1.32 bits per heavy atom. The average Bonchev–Trinajstić information content (AvgIpc) is 2.42. The van der Waals surface area contributed by atoms with Gasteiger partial charge in [0, 0.05) is 40.9 Å². The van der Waals surface area contributed by atoms with Crippen LogP contribution in [-0.2, 0) is 0 Å². The summed E-state index contributed by atoms with van der Waals surface area (Å²) in [7, 11) is 0. The van der Waals surface area contributed by atoms with Gasteiger partial charge >= 0.3 is 0 Å². The van der Waals surface area contributed by atoms with Crippen molar-refractivity contribution in [1.82, 2.24) is 4.98 Å². The van der Waals surface area contributed by atoms with Crippen molar-refractivity contribution in [3.63, 3.8) is 0 Å². The molecular formula is C15H19N3S. The molecule has 2 aromatic rings. The number of hydrogen-bond acceptors (Lipinski definition) is 4. The van der Waals surface area contributed by atoms with E-state index < -0.39 is 0 Å². The summed E-state index contributed by atoms with van der Waals surface area (Å²) < 4.78 is 0. The van der Waals surface area contributed by atoms with Gasteiger partial charge < -0.3 is 10.6 Å². The number of rotatable bonds is 1. The summed E-state index contributed by atoms with van der Waals surface area (Å²) in [6.45, 7) is 5.69. The van der Waals surface area contributed by atoms with Crippen LogP contribution in [0.3, 0.4) is 0 Å². The second-order valence-corrected chi connectivity index (χ2v) is 6.57. The summed E-state index contributed by atoms with van der Waals surface area (Å²) in [4.78, 5) is 6.91. The van der Waals surface area contributed by atoms with Gasteiger partial charge in [-0.3, -0.25) is 4.98 Å². The second kappa shape index (κ2) is 4.93. The van der Waals surface area contributed by atoms with Crippen LogP contribution >= 0.6 is 11.8 Å². The van der Waals surface area contributed by atoms with E-state index in [9.17, 15) is 0 Å². The van der Waals surface area contributed by atoms with E-state index in [1.54, 1.807) is 0 Å². The van der Waals surface area contributed by atoms with E-state index in [2.05, 4.69) is 47.6 Å². The largest absolute Gasteiger partial charge is 0.397 e. The first-order chi connectivity index (χ1) is 9.18. The van der Waals surface area contributed by atoms with E-state index in [0.29, 0.717) is 11.3 Å². The van der Waals surface area contributed by atoms with E-state index >= 15 is 0 Å². The number of anilines is 2. The lowest BCUT2D eigenvalue weighted by Gasteiger charge is -2.39. The fraction of sp³-hybridized carbons (Fsp3) is 0.400. The SMILES string of the molecule is CC1SCCN(c2ccnc3c(N)cccc23)C1C. The van der Waals surface area contributed by atoms with E-state index in [-0.39, 0.29) is 0 Å².